The summed E-state index contributed by atoms with van der Waals surface area (Å²) in [6.07, 6.45) is 1.43. The summed E-state index contributed by atoms with van der Waals surface area (Å²) in [7, 11) is 0. The second-order valence-electron chi connectivity index (χ2n) is 4.22. The summed E-state index contributed by atoms with van der Waals surface area (Å²) in [6, 6.07) is 8.38. The monoisotopic (exact) mass is 269 g/mol. The number of benzene rings is 1. The van der Waals surface area contributed by atoms with Crippen LogP contribution >= 0.6 is 0 Å². The highest BCUT2D eigenvalue weighted by atomic mass is 16.5. The van der Waals surface area contributed by atoms with Crippen LogP contribution < -0.4 is 4.74 Å². The largest absolute Gasteiger partial charge is 0.508 e. The molecule has 0 spiro atoms. The zero-order chi connectivity index (χ0) is 14.5. The first kappa shape index (κ1) is 13.8. The Bertz CT molecular complexity index is 645. The third kappa shape index (κ3) is 2.69. The van der Waals surface area contributed by atoms with Crippen molar-refractivity contribution in [3.05, 3.63) is 41.1 Å². The average Bonchev–Trinajstić information content (AvgIpc) is 2.48. The van der Waals surface area contributed by atoms with Crippen LogP contribution in [0.4, 0.5) is 0 Å². The number of phenolic OH excluding ortho intramolecular Hbond substituents is 1. The van der Waals surface area contributed by atoms with Gasteiger partial charge in [-0.15, -0.1) is 5.10 Å². The number of aryl methyl sites for hydroxylation is 1. The molecule has 0 radical (unpaired) electrons. The maximum Gasteiger partial charge on any atom is 0.257 e. The Balaban J connectivity index is 2.42. The van der Waals surface area contributed by atoms with E-state index in [0.717, 1.165) is 17.7 Å². The Labute approximate surface area is 117 Å². The lowest BCUT2D eigenvalue weighted by Gasteiger charge is -2.11. The summed E-state index contributed by atoms with van der Waals surface area (Å²) in [5.74, 6) is 0.853. The van der Waals surface area contributed by atoms with Gasteiger partial charge in [-0.2, -0.15) is 10.4 Å². The van der Waals surface area contributed by atoms with E-state index in [-0.39, 0.29) is 11.6 Å². The van der Waals surface area contributed by atoms with Gasteiger partial charge in [-0.05, 0) is 42.7 Å². The molecule has 0 aliphatic heterocycles. The van der Waals surface area contributed by atoms with E-state index in [2.05, 4.69) is 16.3 Å². The zero-order valence-corrected chi connectivity index (χ0v) is 11.4. The molecule has 0 aliphatic carbocycles. The van der Waals surface area contributed by atoms with E-state index >= 15 is 0 Å². The number of aromatic nitrogens is 2. The van der Waals surface area contributed by atoms with Crippen LogP contribution in [-0.4, -0.2) is 15.3 Å². The van der Waals surface area contributed by atoms with E-state index in [1.165, 1.54) is 12.1 Å². The third-order valence-corrected chi connectivity index (χ3v) is 2.98. The highest BCUT2D eigenvalue weighted by Gasteiger charge is 2.15. The molecule has 1 heterocycles. The average molecular weight is 269 g/mol. The summed E-state index contributed by atoms with van der Waals surface area (Å²) in [5.41, 5.74) is 2.12. The van der Waals surface area contributed by atoms with Crippen LogP contribution in [0.1, 0.15) is 30.7 Å². The first-order chi connectivity index (χ1) is 9.69. The van der Waals surface area contributed by atoms with Gasteiger partial charge in [0.15, 0.2) is 0 Å². The van der Waals surface area contributed by atoms with Crippen LogP contribution in [-0.2, 0) is 12.8 Å². The molecule has 0 aliphatic rings. The Morgan fingerprint density at radius 2 is 1.85 bits per heavy atom. The van der Waals surface area contributed by atoms with Crippen LogP contribution in [0, 0.1) is 11.3 Å². The fourth-order valence-electron chi connectivity index (χ4n) is 1.97. The van der Waals surface area contributed by atoms with Gasteiger partial charge in [0, 0.05) is 0 Å². The fraction of sp³-hybridized carbons (Fsp3) is 0.267. The minimum Gasteiger partial charge on any atom is -0.508 e. The molecule has 0 saturated heterocycles. The van der Waals surface area contributed by atoms with Crippen molar-refractivity contribution in [1.29, 1.82) is 5.26 Å². The Kier molecular flexibility index (Phi) is 4.16. The summed E-state index contributed by atoms with van der Waals surface area (Å²) in [4.78, 5) is 0. The van der Waals surface area contributed by atoms with E-state index < -0.39 is 0 Å². The Morgan fingerprint density at radius 3 is 2.40 bits per heavy atom. The number of nitriles is 1. The molecule has 0 atom stereocenters. The first-order valence-corrected chi connectivity index (χ1v) is 6.45. The number of hydrogen-bond donors (Lipinski definition) is 1. The highest BCUT2D eigenvalue weighted by Crippen LogP contribution is 2.27. The highest BCUT2D eigenvalue weighted by molar-refractivity contribution is 5.47. The molecule has 2 rings (SSSR count). The third-order valence-electron chi connectivity index (χ3n) is 2.98. The molecular formula is C15H15N3O2. The van der Waals surface area contributed by atoms with E-state index in [9.17, 15) is 10.4 Å². The smallest absolute Gasteiger partial charge is 0.257 e. The van der Waals surface area contributed by atoms with Gasteiger partial charge in [-0.25, -0.2) is 0 Å². The lowest BCUT2D eigenvalue weighted by atomic mass is 10.0. The van der Waals surface area contributed by atoms with Crippen molar-refractivity contribution in [3.8, 4) is 23.4 Å². The number of nitrogens with zero attached hydrogens (tertiary/aromatic N) is 3. The van der Waals surface area contributed by atoms with Gasteiger partial charge >= 0.3 is 0 Å². The van der Waals surface area contributed by atoms with E-state index in [1.54, 1.807) is 12.1 Å². The molecule has 0 unspecified atom stereocenters. The number of ether oxygens (including phenoxy) is 1. The standard InChI is InChI=1S/C15H15N3O2/c1-3-12-13(9-16)15(18-17-14(12)4-2)20-11-7-5-10(19)6-8-11/h5-8,19H,3-4H2,1-2H3. The van der Waals surface area contributed by atoms with Crippen LogP contribution in [0.3, 0.4) is 0 Å². The quantitative estimate of drug-likeness (QED) is 0.923. The maximum atomic E-state index is 9.33. The first-order valence-electron chi connectivity index (χ1n) is 6.45. The molecule has 102 valence electrons. The van der Waals surface area contributed by atoms with Crippen LogP contribution in [0.5, 0.6) is 17.4 Å². The zero-order valence-electron chi connectivity index (χ0n) is 11.4. The van der Waals surface area contributed by atoms with Crippen molar-refractivity contribution in [2.75, 3.05) is 0 Å². The molecular weight excluding hydrogens is 254 g/mol. The number of hydrogen-bond acceptors (Lipinski definition) is 5. The van der Waals surface area contributed by atoms with Gasteiger partial charge in [0.25, 0.3) is 5.88 Å². The Morgan fingerprint density at radius 1 is 1.15 bits per heavy atom. The van der Waals surface area contributed by atoms with E-state index in [4.69, 9.17) is 4.74 Å². The lowest BCUT2D eigenvalue weighted by molar-refractivity contribution is 0.445. The van der Waals surface area contributed by atoms with Crippen molar-refractivity contribution >= 4 is 0 Å². The van der Waals surface area contributed by atoms with Gasteiger partial charge in [0.2, 0.25) is 0 Å². The normalized spacial score (nSPS) is 10.1. The summed E-state index contributed by atoms with van der Waals surface area (Å²) >= 11 is 0. The molecule has 20 heavy (non-hydrogen) atoms. The molecule has 0 fully saturated rings. The lowest BCUT2D eigenvalue weighted by Crippen LogP contribution is -2.05. The molecule has 1 aromatic carbocycles. The minimum atomic E-state index is 0.152. The van der Waals surface area contributed by atoms with Crippen LogP contribution in [0.2, 0.25) is 0 Å². The molecule has 5 heteroatoms. The Hall–Kier alpha value is -2.61. The van der Waals surface area contributed by atoms with Crippen molar-refractivity contribution in [3.63, 3.8) is 0 Å². The fourth-order valence-corrected chi connectivity index (χ4v) is 1.97. The molecule has 1 aromatic heterocycles. The number of rotatable bonds is 4. The topological polar surface area (TPSA) is 79.0 Å². The predicted molar refractivity (Wildman–Crippen MR) is 73.7 cm³/mol. The van der Waals surface area contributed by atoms with Crippen molar-refractivity contribution in [2.24, 2.45) is 0 Å². The van der Waals surface area contributed by atoms with Crippen molar-refractivity contribution in [1.82, 2.24) is 10.2 Å². The molecule has 0 amide bonds. The number of phenols is 1. The maximum absolute atomic E-state index is 9.33. The predicted octanol–water partition coefficient (Wildman–Crippen LogP) is 2.97. The summed E-state index contributed by atoms with van der Waals surface area (Å²) in [6.45, 7) is 3.95. The molecule has 1 N–H and O–H groups in total. The van der Waals surface area contributed by atoms with Gasteiger partial charge in [0.05, 0.1) is 5.69 Å². The van der Waals surface area contributed by atoms with E-state index in [1.807, 2.05) is 13.8 Å². The summed E-state index contributed by atoms with van der Waals surface area (Å²) < 4.78 is 5.59. The molecule has 5 nitrogen and oxygen atoms in total. The van der Waals surface area contributed by atoms with Crippen molar-refractivity contribution in [2.45, 2.75) is 26.7 Å². The molecule has 2 aromatic rings. The van der Waals surface area contributed by atoms with Gasteiger partial charge < -0.3 is 9.84 Å². The molecule has 0 bridgehead atoms. The second kappa shape index (κ2) is 6.02. The SMILES string of the molecule is CCc1nnc(Oc2ccc(O)cc2)c(C#N)c1CC. The van der Waals surface area contributed by atoms with Gasteiger partial charge in [0.1, 0.15) is 23.1 Å². The van der Waals surface area contributed by atoms with E-state index in [0.29, 0.717) is 17.7 Å². The van der Waals surface area contributed by atoms with Gasteiger partial charge in [-0.3, -0.25) is 0 Å². The second-order valence-corrected chi connectivity index (χ2v) is 4.22. The molecule has 0 saturated carbocycles. The van der Waals surface area contributed by atoms with Crippen LogP contribution in [0.15, 0.2) is 24.3 Å². The summed E-state index contributed by atoms with van der Waals surface area (Å²) in [5, 5.41) is 26.7. The van der Waals surface area contributed by atoms with Crippen LogP contribution in [0.25, 0.3) is 0 Å². The van der Waals surface area contributed by atoms with Crippen molar-refractivity contribution < 1.29 is 9.84 Å². The minimum absolute atomic E-state index is 0.152. The van der Waals surface area contributed by atoms with Gasteiger partial charge in [-0.1, -0.05) is 13.8 Å². The number of aromatic hydroxyl groups is 1.